The Morgan fingerprint density at radius 3 is 1.89 bits per heavy atom. The average molecular weight is 876 g/mol. The first kappa shape index (κ1) is 43.3. The van der Waals surface area contributed by atoms with Crippen LogP contribution in [0.5, 0.6) is 17.2 Å². The van der Waals surface area contributed by atoms with E-state index in [0.717, 1.165) is 57.7 Å². The minimum Gasteiger partial charge on any atom is -0.493 e. The SMILES string of the molecule is CCCOCCN(CCCC(=O)OC)c1cc(COc2cc3c(cc2C)C(=O)N2c4ccccc4C[C@H]2C=N3)cc(COc2cc3c(cc2OC)C(=O)N2c4ccccc4C[C@H]2C=N3)c1. The number of hydrogen-bond donors (Lipinski definition) is 0. The minimum atomic E-state index is -0.262. The Kier molecular flexibility index (Phi) is 12.7. The molecule has 0 aliphatic carbocycles. The maximum atomic E-state index is 14.1. The van der Waals surface area contributed by atoms with Crippen molar-refractivity contribution in [2.75, 3.05) is 55.2 Å². The lowest BCUT2D eigenvalue weighted by Gasteiger charge is -2.26. The number of fused-ring (bicyclic) bond motifs is 8. The van der Waals surface area contributed by atoms with Crippen molar-refractivity contribution in [3.8, 4) is 17.2 Å². The molecule has 0 saturated heterocycles. The Bertz CT molecular complexity index is 2700. The van der Waals surface area contributed by atoms with Crippen LogP contribution in [0.4, 0.5) is 28.4 Å². The molecular formula is C52H53N5O8. The summed E-state index contributed by atoms with van der Waals surface area (Å²) in [6.45, 7) is 6.72. The van der Waals surface area contributed by atoms with Crippen molar-refractivity contribution < 1.29 is 38.1 Å². The van der Waals surface area contributed by atoms with Crippen molar-refractivity contribution >= 4 is 58.6 Å². The Labute approximate surface area is 379 Å². The summed E-state index contributed by atoms with van der Waals surface area (Å²) in [5.74, 6) is 1.01. The van der Waals surface area contributed by atoms with E-state index in [-0.39, 0.29) is 49.5 Å². The third kappa shape index (κ3) is 8.93. The molecule has 4 aliphatic rings. The van der Waals surface area contributed by atoms with Gasteiger partial charge < -0.3 is 28.6 Å². The highest BCUT2D eigenvalue weighted by atomic mass is 16.5. The van der Waals surface area contributed by atoms with Crippen LogP contribution in [-0.2, 0) is 40.3 Å². The highest BCUT2D eigenvalue weighted by Crippen LogP contribution is 2.42. The fraction of sp³-hybridized carbons (Fsp3) is 0.327. The lowest BCUT2D eigenvalue weighted by molar-refractivity contribution is -0.140. The lowest BCUT2D eigenvalue weighted by Crippen LogP contribution is -2.37. The van der Waals surface area contributed by atoms with E-state index in [9.17, 15) is 14.4 Å². The van der Waals surface area contributed by atoms with E-state index in [0.29, 0.717) is 78.9 Å². The van der Waals surface area contributed by atoms with Gasteiger partial charge in [0.25, 0.3) is 11.8 Å². The van der Waals surface area contributed by atoms with Gasteiger partial charge in [0.1, 0.15) is 19.0 Å². The lowest BCUT2D eigenvalue weighted by atomic mass is 10.1. The smallest absolute Gasteiger partial charge is 0.305 e. The van der Waals surface area contributed by atoms with E-state index in [1.165, 1.54) is 7.11 Å². The van der Waals surface area contributed by atoms with Crippen molar-refractivity contribution in [1.82, 2.24) is 0 Å². The first-order valence-corrected chi connectivity index (χ1v) is 22.3. The van der Waals surface area contributed by atoms with E-state index in [1.54, 1.807) is 19.2 Å². The number of methoxy groups -OCH3 is 2. The van der Waals surface area contributed by atoms with Gasteiger partial charge in [0.05, 0.1) is 55.4 Å². The van der Waals surface area contributed by atoms with Gasteiger partial charge >= 0.3 is 5.97 Å². The van der Waals surface area contributed by atoms with E-state index >= 15 is 0 Å². The van der Waals surface area contributed by atoms with Gasteiger partial charge in [-0.15, -0.1) is 0 Å². The molecule has 4 heterocycles. The summed E-state index contributed by atoms with van der Waals surface area (Å²) in [5, 5.41) is 0. The van der Waals surface area contributed by atoms with Gasteiger partial charge in [-0.05, 0) is 90.0 Å². The summed E-state index contributed by atoms with van der Waals surface area (Å²) in [6.07, 6.45) is 6.89. The highest BCUT2D eigenvalue weighted by Gasteiger charge is 2.38. The molecule has 0 bridgehead atoms. The molecule has 334 valence electrons. The van der Waals surface area contributed by atoms with Crippen LogP contribution in [0.25, 0.3) is 0 Å². The number of benzene rings is 5. The Hall–Kier alpha value is -6.99. The first-order valence-electron chi connectivity index (χ1n) is 22.3. The predicted molar refractivity (Wildman–Crippen MR) is 252 cm³/mol. The largest absolute Gasteiger partial charge is 0.493 e. The molecule has 0 N–H and O–H groups in total. The molecule has 4 aliphatic heterocycles. The van der Waals surface area contributed by atoms with Gasteiger partial charge in [-0.3, -0.25) is 34.2 Å². The molecule has 5 aromatic carbocycles. The number of rotatable bonds is 17. The van der Waals surface area contributed by atoms with E-state index < -0.39 is 0 Å². The summed E-state index contributed by atoms with van der Waals surface area (Å²) < 4.78 is 29.8. The highest BCUT2D eigenvalue weighted by molar-refractivity contribution is 6.15. The summed E-state index contributed by atoms with van der Waals surface area (Å²) in [6, 6.07) is 29.0. The average Bonchev–Trinajstić information content (AvgIpc) is 3.82. The number of aryl methyl sites for hydroxylation is 1. The van der Waals surface area contributed by atoms with Crippen LogP contribution in [0.3, 0.4) is 0 Å². The van der Waals surface area contributed by atoms with Crippen molar-refractivity contribution in [3.63, 3.8) is 0 Å². The quantitative estimate of drug-likeness (QED) is 0.0664. The summed E-state index contributed by atoms with van der Waals surface area (Å²) in [4.78, 5) is 55.7. The summed E-state index contributed by atoms with van der Waals surface area (Å²) in [5.41, 5.74) is 9.58. The predicted octanol–water partition coefficient (Wildman–Crippen LogP) is 8.92. The van der Waals surface area contributed by atoms with Crippen molar-refractivity contribution in [2.45, 2.75) is 71.2 Å². The third-order valence-corrected chi connectivity index (χ3v) is 12.4. The standard InChI is InChI=1S/C52H53N5O8/c1-5-18-63-19-17-55(16-10-15-50(58)62-4)38-22-34(31-64-47-27-43-41(20-33(47)2)51(59)56-39(29-53-43)24-36-11-6-8-13-45(36)56)21-35(23-38)32-65-49-28-44-42(26-48(49)61-3)52(60)57-40(30-54-44)25-37-12-7-9-14-46(37)57/h6-9,11-14,20-23,26-30,39-40H,5,10,15-19,24-25,31-32H2,1-4H3/t39-,40-/m0/s1. The van der Waals surface area contributed by atoms with Crippen LogP contribution in [0.2, 0.25) is 0 Å². The molecule has 5 aromatic rings. The topological polar surface area (TPSA) is 132 Å². The normalized spacial score (nSPS) is 16.4. The zero-order valence-electron chi connectivity index (χ0n) is 37.2. The fourth-order valence-corrected chi connectivity index (χ4v) is 9.11. The molecule has 0 saturated carbocycles. The number of aliphatic imine (C=N–C) groups is 2. The second-order valence-electron chi connectivity index (χ2n) is 16.7. The van der Waals surface area contributed by atoms with Gasteiger partial charge in [-0.2, -0.15) is 0 Å². The molecule has 0 radical (unpaired) electrons. The number of nitrogens with zero attached hydrogens (tertiary/aromatic N) is 5. The number of carbonyl (C=O) groups is 3. The number of hydrogen-bond acceptors (Lipinski definition) is 11. The number of para-hydroxylation sites is 2. The molecule has 0 spiro atoms. The maximum absolute atomic E-state index is 14.1. The van der Waals surface area contributed by atoms with E-state index in [1.807, 2.05) is 89.8 Å². The van der Waals surface area contributed by atoms with Crippen molar-refractivity contribution in [3.05, 3.63) is 130 Å². The van der Waals surface area contributed by atoms with Gasteiger partial charge in [0, 0.05) is 80.6 Å². The Morgan fingerprint density at radius 2 is 1.29 bits per heavy atom. The second-order valence-corrected chi connectivity index (χ2v) is 16.7. The number of anilines is 3. The molecule has 0 unspecified atom stereocenters. The van der Waals surface area contributed by atoms with E-state index in [4.69, 9.17) is 33.7 Å². The fourth-order valence-electron chi connectivity index (χ4n) is 9.11. The van der Waals surface area contributed by atoms with Crippen LogP contribution in [0.15, 0.2) is 101 Å². The molecule has 9 rings (SSSR count). The van der Waals surface area contributed by atoms with Crippen molar-refractivity contribution in [1.29, 1.82) is 0 Å². The van der Waals surface area contributed by atoms with Crippen molar-refractivity contribution in [2.24, 2.45) is 9.98 Å². The zero-order valence-corrected chi connectivity index (χ0v) is 37.2. The first-order chi connectivity index (χ1) is 31.7. The van der Waals surface area contributed by atoms with Gasteiger partial charge in [0.2, 0.25) is 0 Å². The van der Waals surface area contributed by atoms with Gasteiger partial charge in [0.15, 0.2) is 11.5 Å². The number of esters is 1. The zero-order chi connectivity index (χ0) is 45.0. The number of ether oxygens (including phenoxy) is 5. The van der Waals surface area contributed by atoms with Crippen LogP contribution in [0.1, 0.15) is 74.7 Å². The summed E-state index contributed by atoms with van der Waals surface area (Å²) in [7, 11) is 2.96. The molecular weight excluding hydrogens is 823 g/mol. The molecule has 65 heavy (non-hydrogen) atoms. The van der Waals surface area contributed by atoms with Crippen LogP contribution in [-0.4, -0.2) is 82.8 Å². The van der Waals surface area contributed by atoms with Crippen LogP contribution < -0.4 is 28.9 Å². The van der Waals surface area contributed by atoms with E-state index in [2.05, 4.69) is 30.0 Å². The Morgan fingerprint density at radius 1 is 0.708 bits per heavy atom. The second kappa shape index (κ2) is 19.0. The monoisotopic (exact) mass is 875 g/mol. The minimum absolute atomic E-state index is 0.0784. The van der Waals surface area contributed by atoms with Crippen LogP contribution in [0, 0.1) is 6.92 Å². The maximum Gasteiger partial charge on any atom is 0.305 e. The van der Waals surface area contributed by atoms with Gasteiger partial charge in [-0.1, -0.05) is 43.3 Å². The third-order valence-electron chi connectivity index (χ3n) is 12.4. The van der Waals surface area contributed by atoms with Crippen LogP contribution >= 0.6 is 0 Å². The number of amides is 2. The molecule has 0 aromatic heterocycles. The molecule has 0 fully saturated rings. The van der Waals surface area contributed by atoms with Gasteiger partial charge in [-0.25, -0.2) is 0 Å². The molecule has 2 amide bonds. The molecule has 13 nitrogen and oxygen atoms in total. The summed E-state index contributed by atoms with van der Waals surface area (Å²) >= 11 is 0. The molecule has 13 heteroatoms. The Balaban J connectivity index is 0.993. The molecule has 2 atom stereocenters. The number of carbonyl (C=O) groups excluding carboxylic acids is 3.